The Bertz CT molecular complexity index is 348. The molecule has 0 bridgehead atoms. The lowest BCUT2D eigenvalue weighted by molar-refractivity contribution is -0.138. The molecule has 0 amide bonds. The van der Waals surface area contributed by atoms with Crippen LogP contribution in [0.15, 0.2) is 5.38 Å². The monoisotopic (exact) mass is 257 g/mol. The molecule has 0 saturated heterocycles. The predicted octanol–water partition coefficient (Wildman–Crippen LogP) is 3.00. The van der Waals surface area contributed by atoms with Crippen LogP contribution in [0, 0.1) is 0 Å². The van der Waals surface area contributed by atoms with Crippen molar-refractivity contribution < 1.29 is 13.2 Å². The van der Waals surface area contributed by atoms with Crippen molar-refractivity contribution in [3.8, 4) is 0 Å². The summed E-state index contributed by atoms with van der Waals surface area (Å²) in [5, 5.41) is 1.21. The van der Waals surface area contributed by atoms with Crippen molar-refractivity contribution >= 4 is 23.7 Å². The first-order valence-corrected chi connectivity index (χ1v) is 5.28. The molecule has 86 valence electrons. The predicted molar refractivity (Wildman–Crippen MR) is 56.6 cm³/mol. The summed E-state index contributed by atoms with van der Waals surface area (Å²) in [5.41, 5.74) is 5.61. The first-order valence-electron chi connectivity index (χ1n) is 4.40. The van der Waals surface area contributed by atoms with E-state index in [1.165, 1.54) is 16.7 Å². The number of alkyl halides is 3. The van der Waals surface area contributed by atoms with E-state index in [1.807, 2.05) is 0 Å². The van der Waals surface area contributed by atoms with Gasteiger partial charge in [-0.3, -0.25) is 0 Å². The second-order valence-electron chi connectivity index (χ2n) is 3.55. The van der Waals surface area contributed by atoms with E-state index in [2.05, 4.69) is 0 Å². The van der Waals surface area contributed by atoms with E-state index in [-0.39, 0.29) is 18.4 Å². The molecule has 1 aliphatic rings. The topological polar surface area (TPSA) is 26.0 Å². The summed E-state index contributed by atoms with van der Waals surface area (Å²) in [5.74, 6) is 0. The van der Waals surface area contributed by atoms with Crippen molar-refractivity contribution in [2.45, 2.75) is 31.5 Å². The molecule has 1 atom stereocenters. The molecule has 2 N–H and O–H groups in total. The standard InChI is InChI=1S/C9H10F3NS.ClH/c10-9(11,12)7-4-14-8-2-1-5(13)3-6(7)8;/h4-5H,1-3,13H2;1H. The number of rotatable bonds is 0. The quantitative estimate of drug-likeness (QED) is 0.760. The maximum absolute atomic E-state index is 12.5. The van der Waals surface area contributed by atoms with Crippen molar-refractivity contribution in [3.63, 3.8) is 0 Å². The fourth-order valence-electron chi connectivity index (χ4n) is 1.77. The molecule has 1 aromatic heterocycles. The molecule has 0 aromatic carbocycles. The highest BCUT2D eigenvalue weighted by Gasteiger charge is 2.36. The lowest BCUT2D eigenvalue weighted by atomic mass is 9.92. The largest absolute Gasteiger partial charge is 0.417 e. The Kier molecular flexibility index (Phi) is 3.68. The highest BCUT2D eigenvalue weighted by Crippen LogP contribution is 2.39. The number of hydrogen-bond acceptors (Lipinski definition) is 2. The highest BCUT2D eigenvalue weighted by molar-refractivity contribution is 7.10. The number of halogens is 4. The Morgan fingerprint density at radius 1 is 1.40 bits per heavy atom. The minimum Gasteiger partial charge on any atom is -0.327 e. The molecule has 1 heterocycles. The molecule has 0 fully saturated rings. The van der Waals surface area contributed by atoms with Gasteiger partial charge in [0.15, 0.2) is 0 Å². The lowest BCUT2D eigenvalue weighted by Crippen LogP contribution is -2.28. The number of fused-ring (bicyclic) bond motifs is 1. The first kappa shape index (κ1) is 12.8. The third kappa shape index (κ3) is 2.46. The second kappa shape index (κ2) is 4.31. The number of aryl methyl sites for hydroxylation is 1. The van der Waals surface area contributed by atoms with Crippen LogP contribution in [0.2, 0.25) is 0 Å². The van der Waals surface area contributed by atoms with Crippen LogP contribution in [0.4, 0.5) is 13.2 Å². The number of hydrogen-bond donors (Lipinski definition) is 1. The third-order valence-electron chi connectivity index (χ3n) is 2.49. The fourth-order valence-corrected chi connectivity index (χ4v) is 2.88. The fraction of sp³-hybridized carbons (Fsp3) is 0.556. The Morgan fingerprint density at radius 2 is 2.07 bits per heavy atom. The summed E-state index contributed by atoms with van der Waals surface area (Å²) < 4.78 is 37.5. The summed E-state index contributed by atoms with van der Waals surface area (Å²) >= 11 is 1.21. The normalized spacial score (nSPS) is 20.7. The Hall–Kier alpha value is -0.260. The van der Waals surface area contributed by atoms with Crippen molar-refractivity contribution in [3.05, 3.63) is 21.4 Å². The molecule has 0 spiro atoms. The van der Waals surface area contributed by atoms with E-state index in [0.717, 1.165) is 11.3 Å². The van der Waals surface area contributed by atoms with Gasteiger partial charge in [-0.15, -0.1) is 23.7 Å². The SMILES string of the molecule is Cl.NC1CCc2scc(C(F)(F)F)c2C1. The van der Waals surface area contributed by atoms with Gasteiger partial charge in [0.05, 0.1) is 5.56 Å². The zero-order valence-corrected chi connectivity index (χ0v) is 9.44. The number of nitrogens with two attached hydrogens (primary N) is 1. The molecule has 1 nitrogen and oxygen atoms in total. The average Bonchev–Trinajstić information content (AvgIpc) is 2.45. The van der Waals surface area contributed by atoms with Crippen LogP contribution in [0.3, 0.4) is 0 Å². The zero-order valence-electron chi connectivity index (χ0n) is 7.80. The maximum atomic E-state index is 12.5. The van der Waals surface area contributed by atoms with Gasteiger partial charge in [-0.25, -0.2) is 0 Å². The molecule has 15 heavy (non-hydrogen) atoms. The van der Waals surface area contributed by atoms with Gasteiger partial charge in [0.25, 0.3) is 0 Å². The molecule has 1 unspecified atom stereocenters. The molecule has 0 radical (unpaired) electrons. The molecule has 2 rings (SSSR count). The van der Waals surface area contributed by atoms with E-state index >= 15 is 0 Å². The third-order valence-corrected chi connectivity index (χ3v) is 3.58. The van der Waals surface area contributed by atoms with Gasteiger partial charge in [0, 0.05) is 16.3 Å². The summed E-state index contributed by atoms with van der Waals surface area (Å²) in [6.45, 7) is 0. The second-order valence-corrected chi connectivity index (χ2v) is 4.52. The Labute approximate surface area is 95.9 Å². The summed E-state index contributed by atoms with van der Waals surface area (Å²) in [7, 11) is 0. The van der Waals surface area contributed by atoms with Crippen LogP contribution in [0.5, 0.6) is 0 Å². The maximum Gasteiger partial charge on any atom is 0.417 e. The molecular formula is C9H11ClF3NS. The van der Waals surface area contributed by atoms with E-state index in [1.54, 1.807) is 0 Å². The van der Waals surface area contributed by atoms with E-state index in [9.17, 15) is 13.2 Å². The van der Waals surface area contributed by atoms with E-state index in [4.69, 9.17) is 5.73 Å². The van der Waals surface area contributed by atoms with Crippen LogP contribution in [0.25, 0.3) is 0 Å². The lowest BCUT2D eigenvalue weighted by Gasteiger charge is -2.19. The van der Waals surface area contributed by atoms with Crippen molar-refractivity contribution in [1.29, 1.82) is 0 Å². The van der Waals surface area contributed by atoms with Crippen LogP contribution < -0.4 is 5.73 Å². The van der Waals surface area contributed by atoms with Crippen LogP contribution in [-0.4, -0.2) is 6.04 Å². The van der Waals surface area contributed by atoms with Crippen molar-refractivity contribution in [2.24, 2.45) is 5.73 Å². The molecule has 1 aliphatic carbocycles. The minimum atomic E-state index is -4.22. The highest BCUT2D eigenvalue weighted by atomic mass is 35.5. The zero-order chi connectivity index (χ0) is 10.3. The van der Waals surface area contributed by atoms with Crippen molar-refractivity contribution in [2.75, 3.05) is 0 Å². The molecule has 1 aromatic rings. The molecule has 6 heteroatoms. The van der Waals surface area contributed by atoms with Crippen LogP contribution >= 0.6 is 23.7 Å². The first-order chi connectivity index (χ1) is 6.48. The summed E-state index contributed by atoms with van der Waals surface area (Å²) in [6, 6.07) is -0.113. The van der Waals surface area contributed by atoms with Gasteiger partial charge in [-0.1, -0.05) is 0 Å². The van der Waals surface area contributed by atoms with E-state index < -0.39 is 11.7 Å². The van der Waals surface area contributed by atoms with Crippen LogP contribution in [-0.2, 0) is 19.0 Å². The van der Waals surface area contributed by atoms with Gasteiger partial charge in [-0.05, 0) is 24.8 Å². The molecule has 0 saturated carbocycles. The summed E-state index contributed by atoms with van der Waals surface area (Å²) in [6.07, 6.45) is -2.36. The molecule has 0 aliphatic heterocycles. The van der Waals surface area contributed by atoms with Crippen molar-refractivity contribution in [1.82, 2.24) is 0 Å². The van der Waals surface area contributed by atoms with Gasteiger partial charge in [0.2, 0.25) is 0 Å². The van der Waals surface area contributed by atoms with Gasteiger partial charge >= 0.3 is 6.18 Å². The van der Waals surface area contributed by atoms with Crippen LogP contribution in [0.1, 0.15) is 22.4 Å². The van der Waals surface area contributed by atoms with E-state index in [0.29, 0.717) is 18.4 Å². The smallest absolute Gasteiger partial charge is 0.327 e. The average molecular weight is 258 g/mol. The summed E-state index contributed by atoms with van der Waals surface area (Å²) in [4.78, 5) is 0.860. The Balaban J connectivity index is 0.00000112. The minimum absolute atomic E-state index is 0. The van der Waals surface area contributed by atoms with Gasteiger partial charge in [-0.2, -0.15) is 13.2 Å². The Morgan fingerprint density at radius 3 is 2.67 bits per heavy atom. The molecular weight excluding hydrogens is 247 g/mol. The van der Waals surface area contributed by atoms with Gasteiger partial charge in [0.1, 0.15) is 0 Å². The number of thiophene rings is 1. The van der Waals surface area contributed by atoms with Gasteiger partial charge < -0.3 is 5.73 Å².